The fraction of sp³-hybridized carbons (Fsp3) is 0.789. The molecule has 0 aromatic carbocycles. The van der Waals surface area contributed by atoms with E-state index in [4.69, 9.17) is 0 Å². The number of aliphatic hydroxyl groups excluding tert-OH is 1. The molecule has 1 saturated carbocycles. The van der Waals surface area contributed by atoms with Gasteiger partial charge in [0.25, 0.3) is 0 Å². The number of rotatable bonds is 2. The highest BCUT2D eigenvalue weighted by Gasteiger charge is 2.34. The van der Waals surface area contributed by atoms with Gasteiger partial charge < -0.3 is 9.67 Å². The number of nitrogens with zero attached hydrogens (tertiary/aromatic N) is 1. The summed E-state index contributed by atoms with van der Waals surface area (Å²) >= 11 is 0. The molecule has 0 aliphatic heterocycles. The largest absolute Gasteiger partial charge is 0.388 e. The topological polar surface area (TPSA) is 25.2 Å². The predicted octanol–water partition coefficient (Wildman–Crippen LogP) is 4.63. The molecule has 3 unspecified atom stereocenters. The summed E-state index contributed by atoms with van der Waals surface area (Å²) in [5.41, 5.74) is 4.17. The molecule has 1 heterocycles. The van der Waals surface area contributed by atoms with Crippen LogP contribution in [0.5, 0.6) is 0 Å². The SMILES string of the molecule is Cc1cc2c(n1CC1CCCCC1C)CC(C)(C)CC2O. The molecule has 0 bridgehead atoms. The molecule has 1 N–H and O–H groups in total. The molecule has 1 aromatic rings. The van der Waals surface area contributed by atoms with E-state index in [9.17, 15) is 5.11 Å². The van der Waals surface area contributed by atoms with E-state index in [0.29, 0.717) is 0 Å². The van der Waals surface area contributed by atoms with Crippen LogP contribution in [0.1, 0.15) is 75.9 Å². The Bertz CT molecular complexity index is 514. The summed E-state index contributed by atoms with van der Waals surface area (Å²) in [6.07, 6.45) is 7.29. The molecule has 1 fully saturated rings. The Kier molecular flexibility index (Phi) is 3.94. The highest BCUT2D eigenvalue weighted by Crippen LogP contribution is 2.42. The first-order chi connectivity index (χ1) is 9.87. The van der Waals surface area contributed by atoms with E-state index < -0.39 is 0 Å². The molecule has 1 aromatic heterocycles. The number of hydrogen-bond acceptors (Lipinski definition) is 1. The maximum Gasteiger partial charge on any atom is 0.0812 e. The van der Waals surface area contributed by atoms with Crippen LogP contribution in [0.25, 0.3) is 0 Å². The first-order valence-corrected chi connectivity index (χ1v) is 8.74. The molecule has 2 heteroatoms. The van der Waals surface area contributed by atoms with Gasteiger partial charge in [-0.1, -0.05) is 40.0 Å². The summed E-state index contributed by atoms with van der Waals surface area (Å²) in [6, 6.07) is 2.24. The normalized spacial score (nSPS) is 32.0. The molecule has 2 nitrogen and oxygen atoms in total. The van der Waals surface area contributed by atoms with Crippen LogP contribution in [0.4, 0.5) is 0 Å². The second-order valence-electron chi connectivity index (χ2n) is 8.38. The highest BCUT2D eigenvalue weighted by molar-refractivity contribution is 5.33. The summed E-state index contributed by atoms with van der Waals surface area (Å²) in [4.78, 5) is 0. The number of aromatic nitrogens is 1. The molecule has 0 radical (unpaired) electrons. The molecule has 2 aliphatic rings. The Morgan fingerprint density at radius 2 is 2.00 bits per heavy atom. The second-order valence-corrected chi connectivity index (χ2v) is 8.38. The third-order valence-corrected chi connectivity index (χ3v) is 5.91. The fourth-order valence-corrected chi connectivity index (χ4v) is 4.55. The van der Waals surface area contributed by atoms with Gasteiger partial charge >= 0.3 is 0 Å². The van der Waals surface area contributed by atoms with Gasteiger partial charge in [0.05, 0.1) is 6.10 Å². The van der Waals surface area contributed by atoms with Crippen LogP contribution >= 0.6 is 0 Å². The Balaban J connectivity index is 1.89. The van der Waals surface area contributed by atoms with Crippen LogP contribution in [-0.2, 0) is 13.0 Å². The summed E-state index contributed by atoms with van der Waals surface area (Å²) in [7, 11) is 0. The van der Waals surface area contributed by atoms with Crippen LogP contribution in [0.15, 0.2) is 6.07 Å². The van der Waals surface area contributed by atoms with Gasteiger partial charge in [-0.15, -0.1) is 0 Å². The summed E-state index contributed by atoms with van der Waals surface area (Å²) in [5.74, 6) is 1.66. The Morgan fingerprint density at radius 3 is 2.71 bits per heavy atom. The molecular formula is C19H31NO. The predicted molar refractivity (Wildman–Crippen MR) is 87.4 cm³/mol. The minimum absolute atomic E-state index is 0.215. The zero-order chi connectivity index (χ0) is 15.2. The van der Waals surface area contributed by atoms with Crippen molar-refractivity contribution < 1.29 is 5.11 Å². The quantitative estimate of drug-likeness (QED) is 0.843. The third kappa shape index (κ3) is 2.92. The molecule has 118 valence electrons. The van der Waals surface area contributed by atoms with Gasteiger partial charge in [-0.2, -0.15) is 0 Å². The Labute approximate surface area is 129 Å². The molecule has 2 aliphatic carbocycles. The Hall–Kier alpha value is -0.760. The van der Waals surface area contributed by atoms with Crippen molar-refractivity contribution in [3.63, 3.8) is 0 Å². The number of fused-ring (bicyclic) bond motifs is 1. The van der Waals surface area contributed by atoms with E-state index in [-0.39, 0.29) is 11.5 Å². The first kappa shape index (κ1) is 15.1. The number of aryl methyl sites for hydroxylation is 1. The number of hydrogen-bond donors (Lipinski definition) is 1. The van der Waals surface area contributed by atoms with Crippen molar-refractivity contribution in [3.8, 4) is 0 Å². The molecule has 3 atom stereocenters. The van der Waals surface area contributed by atoms with Crippen LogP contribution in [0.3, 0.4) is 0 Å². The smallest absolute Gasteiger partial charge is 0.0812 e. The minimum Gasteiger partial charge on any atom is -0.388 e. The van der Waals surface area contributed by atoms with Gasteiger partial charge in [-0.25, -0.2) is 0 Å². The van der Waals surface area contributed by atoms with Gasteiger partial charge in [0.15, 0.2) is 0 Å². The van der Waals surface area contributed by atoms with Crippen molar-refractivity contribution in [2.75, 3.05) is 0 Å². The van der Waals surface area contributed by atoms with Gasteiger partial charge in [-0.3, -0.25) is 0 Å². The summed E-state index contributed by atoms with van der Waals surface area (Å²) in [5, 5.41) is 10.5. The lowest BCUT2D eigenvalue weighted by molar-refractivity contribution is 0.0971. The second kappa shape index (κ2) is 5.46. The maximum absolute atomic E-state index is 10.5. The third-order valence-electron chi connectivity index (χ3n) is 5.91. The van der Waals surface area contributed by atoms with E-state index >= 15 is 0 Å². The van der Waals surface area contributed by atoms with Gasteiger partial charge in [-0.05, 0) is 49.5 Å². The molecule has 0 spiro atoms. The van der Waals surface area contributed by atoms with Crippen molar-refractivity contribution in [1.82, 2.24) is 4.57 Å². The molecule has 0 amide bonds. The average Bonchev–Trinajstić information content (AvgIpc) is 2.69. The van der Waals surface area contributed by atoms with E-state index in [1.165, 1.54) is 42.6 Å². The van der Waals surface area contributed by atoms with Crippen molar-refractivity contribution in [2.45, 2.75) is 78.9 Å². The van der Waals surface area contributed by atoms with Gasteiger partial charge in [0.2, 0.25) is 0 Å². The standard InChI is InChI=1S/C19H31NO/c1-13-7-5-6-8-15(13)12-20-14(2)9-16-17(20)10-19(3,4)11-18(16)21/h9,13,15,18,21H,5-8,10-12H2,1-4H3. The zero-order valence-electron chi connectivity index (χ0n) is 14.2. The lowest BCUT2D eigenvalue weighted by Crippen LogP contribution is -2.29. The van der Waals surface area contributed by atoms with Crippen LogP contribution < -0.4 is 0 Å². The van der Waals surface area contributed by atoms with E-state index in [1.54, 1.807) is 0 Å². The van der Waals surface area contributed by atoms with Crippen molar-refractivity contribution in [3.05, 3.63) is 23.0 Å². The van der Waals surface area contributed by atoms with Crippen molar-refractivity contribution in [1.29, 1.82) is 0 Å². The highest BCUT2D eigenvalue weighted by atomic mass is 16.3. The van der Waals surface area contributed by atoms with Crippen LogP contribution in [-0.4, -0.2) is 9.67 Å². The van der Waals surface area contributed by atoms with E-state index in [2.05, 4.69) is 38.3 Å². The maximum atomic E-state index is 10.5. The zero-order valence-corrected chi connectivity index (χ0v) is 14.2. The monoisotopic (exact) mass is 289 g/mol. The molecular weight excluding hydrogens is 258 g/mol. The van der Waals surface area contributed by atoms with E-state index in [1.807, 2.05) is 0 Å². The van der Waals surface area contributed by atoms with Gasteiger partial charge in [0.1, 0.15) is 0 Å². The van der Waals surface area contributed by atoms with Crippen LogP contribution in [0.2, 0.25) is 0 Å². The summed E-state index contributed by atoms with van der Waals surface area (Å²) in [6.45, 7) is 10.4. The van der Waals surface area contributed by atoms with Crippen molar-refractivity contribution >= 4 is 0 Å². The van der Waals surface area contributed by atoms with E-state index in [0.717, 1.165) is 31.2 Å². The molecule has 21 heavy (non-hydrogen) atoms. The summed E-state index contributed by atoms with van der Waals surface area (Å²) < 4.78 is 2.53. The fourth-order valence-electron chi connectivity index (χ4n) is 4.55. The molecule has 3 rings (SSSR count). The van der Waals surface area contributed by atoms with Gasteiger partial charge in [0, 0.05) is 23.5 Å². The number of aliphatic hydroxyl groups is 1. The average molecular weight is 289 g/mol. The first-order valence-electron chi connectivity index (χ1n) is 8.74. The van der Waals surface area contributed by atoms with Crippen molar-refractivity contribution in [2.24, 2.45) is 17.3 Å². The molecule has 0 saturated heterocycles. The lowest BCUT2D eigenvalue weighted by atomic mass is 9.75. The minimum atomic E-state index is -0.271. The lowest BCUT2D eigenvalue weighted by Gasteiger charge is -2.35. The van der Waals surface area contributed by atoms with Crippen LogP contribution in [0, 0.1) is 24.2 Å². The Morgan fingerprint density at radius 1 is 1.29 bits per heavy atom.